The lowest BCUT2D eigenvalue weighted by Gasteiger charge is -2.34. The number of halogens is 1. The van der Waals surface area contributed by atoms with Crippen molar-refractivity contribution in [2.45, 2.75) is 82.6 Å². The first-order valence-corrected chi connectivity index (χ1v) is 13.3. The van der Waals surface area contributed by atoms with E-state index in [9.17, 15) is 18.0 Å². The molecular formula is C23H33ClN2O6S. The van der Waals surface area contributed by atoms with Crippen molar-refractivity contribution in [3.8, 4) is 0 Å². The van der Waals surface area contributed by atoms with Crippen LogP contribution in [0.15, 0.2) is 23.1 Å². The molecular weight excluding hydrogens is 468 g/mol. The van der Waals surface area contributed by atoms with Crippen molar-refractivity contribution in [2.24, 2.45) is 5.92 Å². The topological polar surface area (TPSA) is 102 Å². The van der Waals surface area contributed by atoms with Gasteiger partial charge in [0.1, 0.15) is 4.90 Å². The number of carbonyl (C=O) groups is 2. The summed E-state index contributed by atoms with van der Waals surface area (Å²) >= 11 is 6.20. The zero-order valence-electron chi connectivity index (χ0n) is 19.5. The van der Waals surface area contributed by atoms with Gasteiger partial charge in [-0.3, -0.25) is 4.79 Å². The molecule has 0 unspecified atom stereocenters. The van der Waals surface area contributed by atoms with Crippen LogP contribution in [-0.4, -0.2) is 62.0 Å². The smallest absolute Gasteiger partial charge is 0.338 e. The molecule has 1 amide bonds. The summed E-state index contributed by atoms with van der Waals surface area (Å²) in [6.45, 7) is 7.59. The number of morpholine rings is 1. The molecule has 10 heteroatoms. The first kappa shape index (κ1) is 25.9. The van der Waals surface area contributed by atoms with Gasteiger partial charge in [-0.05, 0) is 57.7 Å². The molecule has 2 aliphatic rings. The van der Waals surface area contributed by atoms with Crippen molar-refractivity contribution in [1.29, 1.82) is 0 Å². The Kier molecular flexibility index (Phi) is 8.42. The van der Waals surface area contributed by atoms with Crippen molar-refractivity contribution in [3.63, 3.8) is 0 Å². The lowest BCUT2D eigenvalue weighted by atomic mass is 9.86. The van der Waals surface area contributed by atoms with Gasteiger partial charge >= 0.3 is 5.97 Å². The minimum absolute atomic E-state index is 0.00965. The van der Waals surface area contributed by atoms with Crippen LogP contribution in [0.3, 0.4) is 0 Å². The Bertz CT molecular complexity index is 975. The van der Waals surface area contributed by atoms with E-state index in [4.69, 9.17) is 21.1 Å². The third-order valence-corrected chi connectivity index (χ3v) is 8.58. The summed E-state index contributed by atoms with van der Waals surface area (Å²) in [6, 6.07) is 4.02. The van der Waals surface area contributed by atoms with Gasteiger partial charge in [-0.1, -0.05) is 31.4 Å². The third-order valence-electron chi connectivity index (χ3n) is 6.26. The Morgan fingerprint density at radius 3 is 2.42 bits per heavy atom. The number of rotatable bonds is 6. The van der Waals surface area contributed by atoms with E-state index in [0.29, 0.717) is 5.92 Å². The van der Waals surface area contributed by atoms with Crippen LogP contribution in [0, 0.1) is 5.92 Å². The molecule has 0 aromatic heterocycles. The van der Waals surface area contributed by atoms with Crippen molar-refractivity contribution in [3.05, 3.63) is 28.8 Å². The number of carbonyl (C=O) groups excluding carboxylic acids is 2. The molecule has 1 saturated heterocycles. The highest BCUT2D eigenvalue weighted by molar-refractivity contribution is 7.89. The molecule has 1 aromatic rings. The number of esters is 1. The number of hydrogen-bond acceptors (Lipinski definition) is 6. The maximum Gasteiger partial charge on any atom is 0.338 e. The summed E-state index contributed by atoms with van der Waals surface area (Å²) in [4.78, 5) is 25.1. The number of hydrogen-bond donors (Lipinski definition) is 1. The minimum Gasteiger partial charge on any atom is -0.449 e. The highest BCUT2D eigenvalue weighted by Crippen LogP contribution is 2.29. The first-order valence-electron chi connectivity index (χ1n) is 11.5. The van der Waals surface area contributed by atoms with E-state index >= 15 is 0 Å². The van der Waals surface area contributed by atoms with Gasteiger partial charge in [-0.15, -0.1) is 0 Å². The van der Waals surface area contributed by atoms with Crippen molar-refractivity contribution in [1.82, 2.24) is 9.62 Å². The molecule has 1 N–H and O–H groups in total. The standard InChI is InChI=1S/C23H33ClN2O6S/c1-14-7-5-6-8-20(14)25-22(27)17(4)32-23(28)18-9-10-19(24)21(11-18)33(29,30)26-12-15(2)31-16(3)13-26/h9-11,14-17,20H,5-8,12-13H2,1-4H3,(H,25,27)/t14-,15+,16+,17+,20+/m0/s1. The van der Waals surface area contributed by atoms with Crippen LogP contribution in [0.4, 0.5) is 0 Å². The summed E-state index contributed by atoms with van der Waals surface area (Å²) in [5.41, 5.74) is 0.0121. The number of benzene rings is 1. The maximum atomic E-state index is 13.2. The molecule has 184 valence electrons. The summed E-state index contributed by atoms with van der Waals surface area (Å²) in [7, 11) is -3.95. The average Bonchev–Trinajstić information content (AvgIpc) is 2.74. The fraction of sp³-hybridized carbons (Fsp3) is 0.652. The van der Waals surface area contributed by atoms with Gasteiger partial charge in [0.25, 0.3) is 5.91 Å². The fourth-order valence-corrected chi connectivity index (χ4v) is 6.50. The second-order valence-electron chi connectivity index (χ2n) is 9.15. The monoisotopic (exact) mass is 500 g/mol. The molecule has 8 nitrogen and oxygen atoms in total. The molecule has 3 rings (SSSR count). The van der Waals surface area contributed by atoms with Gasteiger partial charge in [-0.25, -0.2) is 13.2 Å². The number of ether oxygens (including phenoxy) is 2. The molecule has 1 aromatic carbocycles. The normalized spacial score (nSPS) is 27.5. The number of amides is 1. The van der Waals surface area contributed by atoms with Crippen molar-refractivity contribution in [2.75, 3.05) is 13.1 Å². The van der Waals surface area contributed by atoms with E-state index in [-0.39, 0.29) is 52.7 Å². The summed E-state index contributed by atoms with van der Waals surface area (Å²) in [6.07, 6.45) is 2.65. The van der Waals surface area contributed by atoms with E-state index in [1.807, 2.05) is 0 Å². The van der Waals surface area contributed by atoms with E-state index in [1.165, 1.54) is 29.4 Å². The SMILES string of the molecule is C[C@@H]1CN(S(=O)(=O)c2cc(C(=O)O[C@H](C)C(=O)N[C@@H]3CCCC[C@@H]3C)ccc2Cl)C[C@@H](C)O1. The first-order chi connectivity index (χ1) is 15.5. The molecule has 5 atom stereocenters. The summed E-state index contributed by atoms with van der Waals surface area (Å²) in [5.74, 6) is -0.772. The Morgan fingerprint density at radius 1 is 1.15 bits per heavy atom. The average molecular weight is 501 g/mol. The van der Waals surface area contributed by atoms with Gasteiger partial charge in [0.2, 0.25) is 10.0 Å². The number of nitrogens with zero attached hydrogens (tertiary/aromatic N) is 1. The minimum atomic E-state index is -3.95. The van der Waals surface area contributed by atoms with E-state index in [2.05, 4.69) is 12.2 Å². The van der Waals surface area contributed by atoms with E-state index in [0.717, 1.165) is 25.7 Å². The van der Waals surface area contributed by atoms with Crippen molar-refractivity contribution >= 4 is 33.5 Å². The molecule has 1 saturated carbocycles. The van der Waals surface area contributed by atoms with Crippen LogP contribution in [0.5, 0.6) is 0 Å². The van der Waals surface area contributed by atoms with E-state index < -0.39 is 22.1 Å². The molecule has 1 aliphatic heterocycles. The van der Waals surface area contributed by atoms with Crippen LogP contribution in [0.2, 0.25) is 5.02 Å². The molecule has 1 heterocycles. The predicted octanol–water partition coefficient (Wildman–Crippen LogP) is 3.38. The largest absolute Gasteiger partial charge is 0.449 e. The van der Waals surface area contributed by atoms with Gasteiger partial charge in [0.15, 0.2) is 6.10 Å². The lowest BCUT2D eigenvalue weighted by molar-refractivity contribution is -0.130. The Labute approximate surface area is 201 Å². The van der Waals surface area contributed by atoms with Gasteiger partial charge in [0, 0.05) is 19.1 Å². The molecule has 0 radical (unpaired) electrons. The predicted molar refractivity (Wildman–Crippen MR) is 125 cm³/mol. The molecule has 1 aliphatic carbocycles. The van der Waals surface area contributed by atoms with Gasteiger partial charge < -0.3 is 14.8 Å². The zero-order chi connectivity index (χ0) is 24.3. The molecule has 0 bridgehead atoms. The number of sulfonamides is 1. The van der Waals surface area contributed by atoms with E-state index in [1.54, 1.807) is 13.8 Å². The Balaban J connectivity index is 1.71. The molecule has 0 spiro atoms. The van der Waals surface area contributed by atoms with Crippen molar-refractivity contribution < 1.29 is 27.5 Å². The second kappa shape index (κ2) is 10.7. The summed E-state index contributed by atoms with van der Waals surface area (Å²) in [5, 5.41) is 2.98. The van der Waals surface area contributed by atoms with Gasteiger partial charge in [-0.2, -0.15) is 4.31 Å². The van der Waals surface area contributed by atoms with Gasteiger partial charge in [0.05, 0.1) is 22.8 Å². The Hall–Kier alpha value is -1.68. The maximum absolute atomic E-state index is 13.2. The summed E-state index contributed by atoms with van der Waals surface area (Å²) < 4.78 is 38.7. The van der Waals surface area contributed by atoms with Crippen LogP contribution in [0.1, 0.15) is 63.7 Å². The highest BCUT2D eigenvalue weighted by Gasteiger charge is 2.34. The van der Waals surface area contributed by atoms with Crippen LogP contribution < -0.4 is 5.32 Å². The second-order valence-corrected chi connectivity index (χ2v) is 11.5. The van der Waals surface area contributed by atoms with Crippen LogP contribution in [0.25, 0.3) is 0 Å². The molecule has 33 heavy (non-hydrogen) atoms. The number of nitrogens with one attached hydrogen (secondary N) is 1. The Morgan fingerprint density at radius 2 is 1.79 bits per heavy atom. The zero-order valence-corrected chi connectivity index (χ0v) is 21.1. The fourth-order valence-electron chi connectivity index (χ4n) is 4.41. The third kappa shape index (κ3) is 6.26. The van der Waals surface area contributed by atoms with Crippen LogP contribution in [-0.2, 0) is 24.3 Å². The lowest BCUT2D eigenvalue weighted by Crippen LogP contribution is -2.48. The quantitative estimate of drug-likeness (QED) is 0.601. The van der Waals surface area contributed by atoms with Crippen LogP contribution >= 0.6 is 11.6 Å². The molecule has 2 fully saturated rings. The highest BCUT2D eigenvalue weighted by atomic mass is 35.5.